The first-order valence-corrected chi connectivity index (χ1v) is 5.46. The van der Waals surface area contributed by atoms with Gasteiger partial charge >= 0.3 is 0 Å². The zero-order valence-electron chi connectivity index (χ0n) is 9.41. The highest BCUT2D eigenvalue weighted by Gasteiger charge is 2.60. The maximum atomic E-state index is 2.47. The maximum absolute atomic E-state index is 2.47. The molecule has 0 amide bonds. The standard InChI is InChI=1S/C12H24/c1-6-7-8-11(4)9-12(11,5)10(2)3/h10H,6-9H2,1-5H3. The first-order chi connectivity index (χ1) is 5.46. The van der Waals surface area contributed by atoms with E-state index in [1.165, 1.54) is 25.7 Å². The van der Waals surface area contributed by atoms with Gasteiger partial charge in [0.2, 0.25) is 0 Å². The third kappa shape index (κ3) is 1.41. The van der Waals surface area contributed by atoms with Gasteiger partial charge in [-0.05, 0) is 29.6 Å². The lowest BCUT2D eigenvalue weighted by molar-refractivity contribution is 0.275. The highest BCUT2D eigenvalue weighted by Crippen LogP contribution is 2.69. The fraction of sp³-hybridized carbons (Fsp3) is 1.00. The van der Waals surface area contributed by atoms with Crippen LogP contribution < -0.4 is 0 Å². The van der Waals surface area contributed by atoms with Crippen molar-refractivity contribution in [2.45, 2.75) is 60.3 Å². The summed E-state index contributed by atoms with van der Waals surface area (Å²) in [4.78, 5) is 0. The SMILES string of the molecule is CCCCC1(C)CC1(C)C(C)C. The van der Waals surface area contributed by atoms with E-state index < -0.39 is 0 Å². The molecule has 72 valence electrons. The van der Waals surface area contributed by atoms with Gasteiger partial charge in [0.15, 0.2) is 0 Å². The van der Waals surface area contributed by atoms with Crippen molar-refractivity contribution >= 4 is 0 Å². The van der Waals surface area contributed by atoms with E-state index in [1.54, 1.807) is 0 Å². The summed E-state index contributed by atoms with van der Waals surface area (Å²) in [5, 5.41) is 0. The van der Waals surface area contributed by atoms with Crippen molar-refractivity contribution < 1.29 is 0 Å². The summed E-state index contributed by atoms with van der Waals surface area (Å²) < 4.78 is 0. The van der Waals surface area contributed by atoms with Gasteiger partial charge in [-0.1, -0.05) is 47.5 Å². The third-order valence-corrected chi connectivity index (χ3v) is 4.37. The van der Waals surface area contributed by atoms with Crippen molar-refractivity contribution in [1.29, 1.82) is 0 Å². The summed E-state index contributed by atoms with van der Waals surface area (Å²) in [6.07, 6.45) is 5.67. The van der Waals surface area contributed by atoms with Crippen molar-refractivity contribution in [3.8, 4) is 0 Å². The zero-order chi connectivity index (χ0) is 9.41. The van der Waals surface area contributed by atoms with Crippen LogP contribution in [0.4, 0.5) is 0 Å². The van der Waals surface area contributed by atoms with E-state index in [1.807, 2.05) is 0 Å². The summed E-state index contributed by atoms with van der Waals surface area (Å²) in [6, 6.07) is 0. The lowest BCUT2D eigenvalue weighted by Gasteiger charge is -2.22. The van der Waals surface area contributed by atoms with Crippen LogP contribution in [-0.2, 0) is 0 Å². The van der Waals surface area contributed by atoms with Crippen LogP contribution in [0.15, 0.2) is 0 Å². The third-order valence-electron chi connectivity index (χ3n) is 4.37. The van der Waals surface area contributed by atoms with Gasteiger partial charge in [-0.15, -0.1) is 0 Å². The van der Waals surface area contributed by atoms with Crippen molar-refractivity contribution in [2.24, 2.45) is 16.7 Å². The van der Waals surface area contributed by atoms with Crippen molar-refractivity contribution in [2.75, 3.05) is 0 Å². The van der Waals surface area contributed by atoms with Gasteiger partial charge in [0.05, 0.1) is 0 Å². The Labute approximate surface area is 77.7 Å². The summed E-state index contributed by atoms with van der Waals surface area (Å²) >= 11 is 0. The van der Waals surface area contributed by atoms with Gasteiger partial charge in [0.25, 0.3) is 0 Å². The Morgan fingerprint density at radius 2 is 1.83 bits per heavy atom. The molecule has 0 aliphatic heterocycles. The molecule has 2 atom stereocenters. The fourth-order valence-electron chi connectivity index (χ4n) is 2.61. The lowest BCUT2D eigenvalue weighted by Crippen LogP contribution is -2.14. The van der Waals surface area contributed by atoms with E-state index in [0.29, 0.717) is 10.8 Å². The number of rotatable bonds is 4. The highest BCUT2D eigenvalue weighted by atomic mass is 14.7. The zero-order valence-corrected chi connectivity index (χ0v) is 9.41. The number of hydrogen-bond donors (Lipinski definition) is 0. The molecule has 0 radical (unpaired) electrons. The molecular formula is C12H24. The van der Waals surface area contributed by atoms with Gasteiger partial charge in [-0.2, -0.15) is 0 Å². The highest BCUT2D eigenvalue weighted by molar-refractivity contribution is 5.10. The summed E-state index contributed by atoms with van der Waals surface area (Å²) in [5.41, 5.74) is 1.33. The maximum Gasteiger partial charge on any atom is -0.0243 e. The Morgan fingerprint density at radius 3 is 2.17 bits per heavy atom. The summed E-state index contributed by atoms with van der Waals surface area (Å²) in [7, 11) is 0. The molecule has 0 heterocycles. The molecule has 1 aliphatic carbocycles. The number of hydrogen-bond acceptors (Lipinski definition) is 0. The van der Waals surface area contributed by atoms with Crippen molar-refractivity contribution in [3.63, 3.8) is 0 Å². The summed E-state index contributed by atoms with van der Waals surface area (Å²) in [5.74, 6) is 0.861. The molecule has 0 spiro atoms. The molecule has 0 aromatic carbocycles. The topological polar surface area (TPSA) is 0 Å². The molecule has 1 saturated carbocycles. The molecule has 1 rings (SSSR count). The minimum absolute atomic E-state index is 0.655. The van der Waals surface area contributed by atoms with Crippen LogP contribution in [0.5, 0.6) is 0 Å². The minimum Gasteiger partial charge on any atom is -0.0654 e. The minimum atomic E-state index is 0.655. The molecule has 0 saturated heterocycles. The molecule has 0 N–H and O–H groups in total. The van der Waals surface area contributed by atoms with E-state index in [0.717, 1.165) is 5.92 Å². The van der Waals surface area contributed by atoms with Crippen LogP contribution >= 0.6 is 0 Å². The first-order valence-electron chi connectivity index (χ1n) is 5.46. The van der Waals surface area contributed by atoms with Crippen LogP contribution in [-0.4, -0.2) is 0 Å². The van der Waals surface area contributed by atoms with Crippen molar-refractivity contribution in [3.05, 3.63) is 0 Å². The fourth-order valence-corrected chi connectivity index (χ4v) is 2.61. The molecule has 1 fully saturated rings. The lowest BCUT2D eigenvalue weighted by atomic mass is 9.83. The van der Waals surface area contributed by atoms with Crippen LogP contribution in [0.25, 0.3) is 0 Å². The second-order valence-electron chi connectivity index (χ2n) is 5.41. The monoisotopic (exact) mass is 168 g/mol. The largest absolute Gasteiger partial charge is 0.0654 e. The van der Waals surface area contributed by atoms with Crippen LogP contribution in [0.3, 0.4) is 0 Å². The molecular weight excluding hydrogens is 144 g/mol. The van der Waals surface area contributed by atoms with Crippen LogP contribution in [0.1, 0.15) is 60.3 Å². The average molecular weight is 168 g/mol. The predicted octanol–water partition coefficient (Wildman–Crippen LogP) is 4.25. The molecule has 0 nitrogen and oxygen atoms in total. The molecule has 0 aromatic heterocycles. The Balaban J connectivity index is 2.46. The van der Waals surface area contributed by atoms with Gasteiger partial charge in [0.1, 0.15) is 0 Å². The predicted molar refractivity (Wildman–Crippen MR) is 55.2 cm³/mol. The summed E-state index contributed by atoms with van der Waals surface area (Å²) in [6.45, 7) is 12.0. The Bertz CT molecular complexity index is 159. The van der Waals surface area contributed by atoms with Gasteiger partial charge in [-0.3, -0.25) is 0 Å². The van der Waals surface area contributed by atoms with Crippen molar-refractivity contribution in [1.82, 2.24) is 0 Å². The van der Waals surface area contributed by atoms with Gasteiger partial charge < -0.3 is 0 Å². The Hall–Kier alpha value is 0. The van der Waals surface area contributed by atoms with Gasteiger partial charge in [0, 0.05) is 0 Å². The van der Waals surface area contributed by atoms with E-state index in [2.05, 4.69) is 34.6 Å². The first kappa shape index (κ1) is 10.1. The molecule has 0 aromatic rings. The van der Waals surface area contributed by atoms with Crippen LogP contribution in [0, 0.1) is 16.7 Å². The molecule has 2 unspecified atom stereocenters. The van der Waals surface area contributed by atoms with E-state index >= 15 is 0 Å². The van der Waals surface area contributed by atoms with Crippen LogP contribution in [0.2, 0.25) is 0 Å². The second-order valence-corrected chi connectivity index (χ2v) is 5.41. The van der Waals surface area contributed by atoms with E-state index in [-0.39, 0.29) is 0 Å². The second kappa shape index (κ2) is 3.05. The molecule has 0 bridgehead atoms. The normalized spacial score (nSPS) is 40.5. The van der Waals surface area contributed by atoms with E-state index in [4.69, 9.17) is 0 Å². The quantitative estimate of drug-likeness (QED) is 0.588. The molecule has 0 heteroatoms. The van der Waals surface area contributed by atoms with Gasteiger partial charge in [-0.25, -0.2) is 0 Å². The molecule has 1 aliphatic rings. The smallest absolute Gasteiger partial charge is 0.0243 e. The molecule has 12 heavy (non-hydrogen) atoms. The Morgan fingerprint density at radius 1 is 1.25 bits per heavy atom. The average Bonchev–Trinajstić information content (AvgIpc) is 2.54. The Kier molecular flexibility index (Phi) is 2.56. The van der Waals surface area contributed by atoms with E-state index in [9.17, 15) is 0 Å². The number of unbranched alkanes of at least 4 members (excludes halogenated alkanes) is 1.